The van der Waals surface area contributed by atoms with Crippen molar-refractivity contribution in [2.45, 2.75) is 13.8 Å². The van der Waals surface area contributed by atoms with E-state index in [1.54, 1.807) is 49.6 Å². The molecule has 5 heteroatoms. The number of carbonyl (C=O) groups is 3. The summed E-state index contributed by atoms with van der Waals surface area (Å²) in [5.41, 5.74) is 5.08. The molecule has 182 valence electrons. The molecule has 0 spiro atoms. The molecule has 4 aromatic rings. The van der Waals surface area contributed by atoms with Crippen LogP contribution in [0.4, 0.5) is 0 Å². The fourth-order valence-electron chi connectivity index (χ4n) is 3.60. The summed E-state index contributed by atoms with van der Waals surface area (Å²) in [5, 5.41) is 0. The molecule has 4 rings (SSSR count). The van der Waals surface area contributed by atoms with Crippen LogP contribution >= 0.6 is 0 Å². The lowest BCUT2D eigenvalue weighted by Gasteiger charge is -2.07. The number of ketones is 2. The number of hydrogen-bond acceptors (Lipinski definition) is 5. The van der Waals surface area contributed by atoms with Crippen LogP contribution < -0.4 is 4.74 Å². The van der Waals surface area contributed by atoms with Gasteiger partial charge in [0.2, 0.25) is 0 Å². The minimum absolute atomic E-state index is 0.0458. The van der Waals surface area contributed by atoms with Crippen LogP contribution in [0.25, 0.3) is 0 Å². The van der Waals surface area contributed by atoms with Crippen LogP contribution in [-0.4, -0.2) is 31.8 Å². The Morgan fingerprint density at radius 2 is 1.08 bits per heavy atom. The van der Waals surface area contributed by atoms with Gasteiger partial charge < -0.3 is 9.47 Å². The van der Waals surface area contributed by atoms with Crippen molar-refractivity contribution in [1.29, 1.82) is 0 Å². The molecule has 0 bridgehead atoms. The Kier molecular flexibility index (Phi) is 8.89. The lowest BCUT2D eigenvalue weighted by molar-refractivity contribution is 0.0600. The summed E-state index contributed by atoms with van der Waals surface area (Å²) in [4.78, 5) is 35.6. The lowest BCUT2D eigenvalue weighted by atomic mass is 10.00. The number of benzene rings is 4. The van der Waals surface area contributed by atoms with E-state index in [1.807, 2.05) is 68.4 Å². The third-order valence-corrected chi connectivity index (χ3v) is 5.54. The Morgan fingerprint density at radius 1 is 0.556 bits per heavy atom. The zero-order valence-corrected chi connectivity index (χ0v) is 20.8. The van der Waals surface area contributed by atoms with Crippen molar-refractivity contribution in [3.8, 4) is 5.75 Å². The first-order chi connectivity index (χ1) is 17.3. The van der Waals surface area contributed by atoms with Gasteiger partial charge in [-0.05, 0) is 55.8 Å². The van der Waals surface area contributed by atoms with E-state index in [2.05, 4.69) is 4.74 Å². The fourth-order valence-corrected chi connectivity index (χ4v) is 3.60. The number of aryl methyl sites for hydroxylation is 2. The molecule has 0 amide bonds. The van der Waals surface area contributed by atoms with Crippen LogP contribution in [0.15, 0.2) is 97.1 Å². The first-order valence-corrected chi connectivity index (χ1v) is 11.4. The molecule has 0 N–H and O–H groups in total. The maximum absolute atomic E-state index is 12.3. The third kappa shape index (κ3) is 6.54. The average Bonchev–Trinajstić information content (AvgIpc) is 2.92. The van der Waals surface area contributed by atoms with Crippen LogP contribution in [-0.2, 0) is 4.74 Å². The van der Waals surface area contributed by atoms with Gasteiger partial charge in [-0.1, -0.05) is 66.2 Å². The van der Waals surface area contributed by atoms with Crippen molar-refractivity contribution in [1.82, 2.24) is 0 Å². The molecule has 0 saturated carbocycles. The predicted molar refractivity (Wildman–Crippen MR) is 140 cm³/mol. The van der Waals surface area contributed by atoms with Gasteiger partial charge in [-0.2, -0.15) is 0 Å². The van der Waals surface area contributed by atoms with Gasteiger partial charge in [0.1, 0.15) is 5.75 Å². The number of rotatable bonds is 6. The fraction of sp³-hybridized carbons (Fsp3) is 0.129. The molecule has 0 aliphatic carbocycles. The molecule has 0 aliphatic heterocycles. The van der Waals surface area contributed by atoms with E-state index < -0.39 is 5.97 Å². The van der Waals surface area contributed by atoms with E-state index in [9.17, 15) is 14.4 Å². The second kappa shape index (κ2) is 12.3. The van der Waals surface area contributed by atoms with Crippen molar-refractivity contribution >= 4 is 17.5 Å². The molecule has 0 aromatic heterocycles. The van der Waals surface area contributed by atoms with Crippen molar-refractivity contribution in [3.63, 3.8) is 0 Å². The van der Waals surface area contributed by atoms with Gasteiger partial charge >= 0.3 is 5.97 Å². The normalized spacial score (nSPS) is 10.0. The van der Waals surface area contributed by atoms with Crippen molar-refractivity contribution in [2.75, 3.05) is 14.2 Å². The Bertz CT molecular complexity index is 1360. The highest BCUT2D eigenvalue weighted by atomic mass is 16.5. The van der Waals surface area contributed by atoms with E-state index in [4.69, 9.17) is 4.74 Å². The monoisotopic (exact) mass is 480 g/mol. The molecule has 0 fully saturated rings. The van der Waals surface area contributed by atoms with Gasteiger partial charge in [-0.15, -0.1) is 0 Å². The zero-order valence-electron chi connectivity index (χ0n) is 20.8. The number of methoxy groups -OCH3 is 2. The summed E-state index contributed by atoms with van der Waals surface area (Å²) in [6, 6.07) is 28.6. The van der Waals surface area contributed by atoms with Crippen LogP contribution in [0, 0.1) is 13.8 Å². The minimum atomic E-state index is -0.409. The van der Waals surface area contributed by atoms with Crippen LogP contribution in [0.5, 0.6) is 5.75 Å². The van der Waals surface area contributed by atoms with Gasteiger partial charge in [-0.25, -0.2) is 4.79 Å². The summed E-state index contributed by atoms with van der Waals surface area (Å²) in [7, 11) is 2.95. The average molecular weight is 481 g/mol. The molecule has 4 aromatic carbocycles. The second-order valence-corrected chi connectivity index (χ2v) is 8.15. The second-order valence-electron chi connectivity index (χ2n) is 8.15. The summed E-state index contributed by atoms with van der Waals surface area (Å²) >= 11 is 0. The SMILES string of the molecule is COC(=O)c1ccc(C(=O)c2ccccc2)cc1.COc1ccc(C(=O)c2cccc(C)c2)cc1C. The molecule has 0 atom stereocenters. The quantitative estimate of drug-likeness (QED) is 0.241. The Morgan fingerprint density at radius 3 is 1.67 bits per heavy atom. The van der Waals surface area contributed by atoms with Gasteiger partial charge in [0.05, 0.1) is 19.8 Å². The number of carbonyl (C=O) groups excluding carboxylic acids is 3. The maximum Gasteiger partial charge on any atom is 0.337 e. The first-order valence-electron chi connectivity index (χ1n) is 11.4. The molecule has 0 heterocycles. The molecular weight excluding hydrogens is 452 g/mol. The highest BCUT2D eigenvalue weighted by Crippen LogP contribution is 2.20. The first kappa shape index (κ1) is 26.1. The van der Waals surface area contributed by atoms with Gasteiger partial charge in [-0.3, -0.25) is 9.59 Å². The largest absolute Gasteiger partial charge is 0.496 e. The van der Waals surface area contributed by atoms with Gasteiger partial charge in [0, 0.05) is 22.3 Å². The third-order valence-electron chi connectivity index (χ3n) is 5.54. The Labute approximate surface area is 211 Å². The molecule has 5 nitrogen and oxygen atoms in total. The van der Waals surface area contributed by atoms with Crippen molar-refractivity contribution < 1.29 is 23.9 Å². The smallest absolute Gasteiger partial charge is 0.337 e. The summed E-state index contributed by atoms with van der Waals surface area (Å²) in [5.74, 6) is 0.376. The molecule has 0 unspecified atom stereocenters. The topological polar surface area (TPSA) is 69.7 Å². The minimum Gasteiger partial charge on any atom is -0.496 e. The van der Waals surface area contributed by atoms with Crippen LogP contribution in [0.1, 0.15) is 53.3 Å². The van der Waals surface area contributed by atoms with Crippen molar-refractivity contribution in [2.24, 2.45) is 0 Å². The van der Waals surface area contributed by atoms with E-state index in [1.165, 1.54) is 7.11 Å². The van der Waals surface area contributed by atoms with E-state index >= 15 is 0 Å². The predicted octanol–water partition coefficient (Wildman–Crippen LogP) is 6.25. The molecule has 0 aliphatic rings. The summed E-state index contributed by atoms with van der Waals surface area (Å²) in [6.07, 6.45) is 0. The number of esters is 1. The Hall–Kier alpha value is -4.51. The highest BCUT2D eigenvalue weighted by molar-refractivity contribution is 6.09. The molecular formula is C31H28O5. The zero-order chi connectivity index (χ0) is 26.1. The Balaban J connectivity index is 0.000000201. The lowest BCUT2D eigenvalue weighted by Crippen LogP contribution is -2.04. The molecule has 0 radical (unpaired) electrons. The highest BCUT2D eigenvalue weighted by Gasteiger charge is 2.11. The maximum atomic E-state index is 12.3. The summed E-state index contributed by atoms with van der Waals surface area (Å²) < 4.78 is 9.79. The molecule has 36 heavy (non-hydrogen) atoms. The van der Waals surface area contributed by atoms with E-state index in [-0.39, 0.29) is 11.6 Å². The standard InChI is InChI=1S/C16H16O2.C15H12O3/c1-11-5-4-6-13(9-11)16(17)14-7-8-15(18-3)12(2)10-14;1-18-15(17)13-9-7-12(8-10-13)14(16)11-5-3-2-4-6-11/h4-10H,1-3H3;2-10H,1H3. The summed E-state index contributed by atoms with van der Waals surface area (Å²) in [6.45, 7) is 3.92. The number of hydrogen-bond donors (Lipinski definition) is 0. The van der Waals surface area contributed by atoms with Crippen LogP contribution in [0.3, 0.4) is 0 Å². The van der Waals surface area contributed by atoms with Crippen LogP contribution in [0.2, 0.25) is 0 Å². The van der Waals surface area contributed by atoms with E-state index in [0.717, 1.165) is 22.4 Å². The van der Waals surface area contributed by atoms with E-state index in [0.29, 0.717) is 22.3 Å². The van der Waals surface area contributed by atoms with Crippen molar-refractivity contribution in [3.05, 3.63) is 136 Å². The molecule has 0 saturated heterocycles. The number of ether oxygens (including phenoxy) is 2. The van der Waals surface area contributed by atoms with Gasteiger partial charge in [0.25, 0.3) is 0 Å². The van der Waals surface area contributed by atoms with Gasteiger partial charge in [0.15, 0.2) is 11.6 Å².